The monoisotopic (exact) mass is 266 g/mol. The van der Waals surface area contributed by atoms with E-state index in [2.05, 4.69) is 5.32 Å². The van der Waals surface area contributed by atoms with Crippen molar-refractivity contribution in [3.63, 3.8) is 0 Å². The third-order valence-electron chi connectivity index (χ3n) is 2.30. The van der Waals surface area contributed by atoms with E-state index in [1.54, 1.807) is 18.2 Å². The van der Waals surface area contributed by atoms with E-state index in [1.807, 2.05) is 0 Å². The minimum Gasteiger partial charge on any atom is -0.493 e. The Morgan fingerprint density at radius 3 is 2.58 bits per heavy atom. The van der Waals surface area contributed by atoms with Crippen LogP contribution < -0.4 is 14.8 Å². The molecule has 0 atom stereocenters. The molecule has 0 unspecified atom stereocenters. The Kier molecular flexibility index (Phi) is 5.34. The van der Waals surface area contributed by atoms with Crippen LogP contribution in [-0.4, -0.2) is 32.0 Å². The van der Waals surface area contributed by atoms with Crippen LogP contribution >= 0.6 is 0 Å². The Hall–Kier alpha value is -2.57. The highest BCUT2D eigenvalue weighted by Crippen LogP contribution is 2.29. The van der Waals surface area contributed by atoms with Crippen LogP contribution in [0.25, 0.3) is 5.70 Å². The normalized spacial score (nSPS) is 10.7. The first kappa shape index (κ1) is 14.5. The number of ether oxygens (including phenoxy) is 2. The summed E-state index contributed by atoms with van der Waals surface area (Å²) in [5.41, 5.74) is 0.745. The summed E-state index contributed by atoms with van der Waals surface area (Å²) in [6, 6.07) is 4.85. The molecule has 0 aliphatic carbocycles. The number of hydrogen-bond donors (Lipinski definition) is 1. The van der Waals surface area contributed by atoms with Gasteiger partial charge in [0.1, 0.15) is 12.0 Å². The van der Waals surface area contributed by atoms with Gasteiger partial charge in [0.05, 0.1) is 25.7 Å². The fourth-order valence-electron chi connectivity index (χ4n) is 1.48. The molecule has 1 aromatic rings. The molecule has 0 fully saturated rings. The zero-order chi connectivity index (χ0) is 14.3. The highest BCUT2D eigenvalue weighted by atomic mass is 16.6. The van der Waals surface area contributed by atoms with Crippen LogP contribution in [0, 0.1) is 10.1 Å². The molecule has 7 nitrogen and oxygen atoms in total. The lowest BCUT2D eigenvalue weighted by Crippen LogP contribution is -2.16. The summed E-state index contributed by atoms with van der Waals surface area (Å²) >= 11 is 0. The molecule has 1 aromatic carbocycles. The van der Waals surface area contributed by atoms with Gasteiger partial charge in [-0.15, -0.1) is 0 Å². The number of aldehydes is 1. The fourth-order valence-corrected chi connectivity index (χ4v) is 1.48. The van der Waals surface area contributed by atoms with Gasteiger partial charge in [0, 0.05) is 5.56 Å². The molecule has 0 aromatic heterocycles. The molecule has 0 saturated carbocycles. The summed E-state index contributed by atoms with van der Waals surface area (Å²) < 4.78 is 10.2. The average molecular weight is 266 g/mol. The van der Waals surface area contributed by atoms with Crippen LogP contribution in [-0.2, 0) is 4.79 Å². The van der Waals surface area contributed by atoms with Crippen molar-refractivity contribution in [1.29, 1.82) is 0 Å². The van der Waals surface area contributed by atoms with Gasteiger partial charge in [0.25, 0.3) is 6.20 Å². The number of nitrogens with one attached hydrogen (secondary N) is 1. The van der Waals surface area contributed by atoms with Crippen LogP contribution in [0.2, 0.25) is 0 Å². The summed E-state index contributed by atoms with van der Waals surface area (Å²) in [5.74, 6) is 0.962. The van der Waals surface area contributed by atoms with Gasteiger partial charge in [-0.2, -0.15) is 0 Å². The maximum Gasteiger partial charge on any atom is 0.258 e. The summed E-state index contributed by atoms with van der Waals surface area (Å²) in [5, 5.41) is 13.2. The van der Waals surface area contributed by atoms with Gasteiger partial charge >= 0.3 is 0 Å². The molecule has 1 N–H and O–H groups in total. The van der Waals surface area contributed by atoms with Crippen molar-refractivity contribution in [2.75, 3.05) is 20.8 Å². The molecule has 0 radical (unpaired) electrons. The standard InChI is InChI=1S/C12H14N2O5/c1-18-11-4-3-9(7-12(11)19-2)10(8-14(16)17)13-5-6-15/h3-4,6-8,13H,5H2,1-2H3/b10-8+. The predicted molar refractivity (Wildman–Crippen MR) is 68.6 cm³/mol. The smallest absolute Gasteiger partial charge is 0.258 e. The van der Waals surface area contributed by atoms with Gasteiger partial charge in [-0.1, -0.05) is 0 Å². The molecule has 102 valence electrons. The van der Waals surface area contributed by atoms with Crippen molar-refractivity contribution in [3.8, 4) is 11.5 Å². The van der Waals surface area contributed by atoms with Crippen LogP contribution in [0.4, 0.5) is 0 Å². The molecule has 7 heteroatoms. The van der Waals surface area contributed by atoms with E-state index in [0.717, 1.165) is 6.20 Å². The van der Waals surface area contributed by atoms with Gasteiger partial charge in [-0.05, 0) is 18.2 Å². The van der Waals surface area contributed by atoms with Crippen molar-refractivity contribution in [2.45, 2.75) is 0 Å². The predicted octanol–water partition coefficient (Wildman–Crippen LogP) is 1.07. The van der Waals surface area contributed by atoms with Gasteiger partial charge in [-0.25, -0.2) is 0 Å². The molecule has 0 aliphatic rings. The Labute approximate surface area is 110 Å². The van der Waals surface area contributed by atoms with Gasteiger partial charge in [0.2, 0.25) is 0 Å². The number of methoxy groups -OCH3 is 2. The second-order valence-electron chi connectivity index (χ2n) is 3.45. The first-order valence-electron chi connectivity index (χ1n) is 5.37. The molecule has 0 saturated heterocycles. The number of nitro groups is 1. The first-order valence-corrected chi connectivity index (χ1v) is 5.37. The van der Waals surface area contributed by atoms with Crippen molar-refractivity contribution in [2.24, 2.45) is 0 Å². The van der Waals surface area contributed by atoms with Crippen molar-refractivity contribution in [3.05, 3.63) is 40.1 Å². The van der Waals surface area contributed by atoms with Gasteiger partial charge in [-0.3, -0.25) is 10.1 Å². The zero-order valence-electron chi connectivity index (χ0n) is 10.6. The fraction of sp³-hybridized carbons (Fsp3) is 0.250. The Morgan fingerprint density at radius 1 is 1.37 bits per heavy atom. The van der Waals surface area contributed by atoms with Crippen molar-refractivity contribution in [1.82, 2.24) is 5.32 Å². The number of hydrogen-bond acceptors (Lipinski definition) is 6. The summed E-state index contributed by atoms with van der Waals surface area (Å²) in [7, 11) is 2.97. The number of nitrogens with zero attached hydrogens (tertiary/aromatic N) is 1. The van der Waals surface area contributed by atoms with E-state index in [4.69, 9.17) is 9.47 Å². The van der Waals surface area contributed by atoms with E-state index in [9.17, 15) is 14.9 Å². The summed E-state index contributed by atoms with van der Waals surface area (Å²) in [6.07, 6.45) is 1.42. The largest absolute Gasteiger partial charge is 0.493 e. The first-order chi connectivity index (χ1) is 9.12. The zero-order valence-corrected chi connectivity index (χ0v) is 10.6. The Balaban J connectivity index is 3.15. The molecule has 0 spiro atoms. The lowest BCUT2D eigenvalue weighted by Gasteiger charge is -2.11. The van der Waals surface area contributed by atoms with E-state index in [1.165, 1.54) is 14.2 Å². The molecule has 0 heterocycles. The minimum absolute atomic E-state index is 0.0198. The molecule has 19 heavy (non-hydrogen) atoms. The minimum atomic E-state index is -0.593. The SMILES string of the molecule is COc1ccc(/C(=C\[N+](=O)[O-])NCC=O)cc1OC. The highest BCUT2D eigenvalue weighted by Gasteiger charge is 2.10. The second kappa shape index (κ2) is 7.00. The van der Waals surface area contributed by atoms with Crippen molar-refractivity contribution >= 4 is 12.0 Å². The quantitative estimate of drug-likeness (QED) is 0.451. The van der Waals surface area contributed by atoms with E-state index >= 15 is 0 Å². The van der Waals surface area contributed by atoms with E-state index in [0.29, 0.717) is 23.3 Å². The maximum absolute atomic E-state index is 10.6. The molecule has 0 amide bonds. The van der Waals surface area contributed by atoms with Crippen LogP contribution in [0.3, 0.4) is 0 Å². The van der Waals surface area contributed by atoms with Crippen LogP contribution in [0.15, 0.2) is 24.4 Å². The van der Waals surface area contributed by atoms with Crippen LogP contribution in [0.1, 0.15) is 5.56 Å². The number of benzene rings is 1. The lowest BCUT2D eigenvalue weighted by atomic mass is 10.1. The molecular formula is C12H14N2O5. The molecule has 0 bridgehead atoms. The number of carbonyl (C=O) groups is 1. The third kappa shape index (κ3) is 3.98. The Bertz CT molecular complexity index is 499. The lowest BCUT2D eigenvalue weighted by molar-refractivity contribution is -0.401. The van der Waals surface area contributed by atoms with Gasteiger partial charge in [0.15, 0.2) is 11.5 Å². The second-order valence-corrected chi connectivity index (χ2v) is 3.45. The highest BCUT2D eigenvalue weighted by molar-refractivity contribution is 5.68. The summed E-state index contributed by atoms with van der Waals surface area (Å²) in [6.45, 7) is -0.0198. The molecular weight excluding hydrogens is 252 g/mol. The van der Waals surface area contributed by atoms with E-state index in [-0.39, 0.29) is 12.2 Å². The third-order valence-corrected chi connectivity index (χ3v) is 2.30. The topological polar surface area (TPSA) is 90.7 Å². The van der Waals surface area contributed by atoms with Gasteiger partial charge < -0.3 is 19.6 Å². The Morgan fingerprint density at radius 2 is 2.05 bits per heavy atom. The van der Waals surface area contributed by atoms with Crippen molar-refractivity contribution < 1.29 is 19.2 Å². The van der Waals surface area contributed by atoms with E-state index < -0.39 is 4.92 Å². The molecule has 1 rings (SSSR count). The number of rotatable bonds is 7. The number of carbonyl (C=O) groups excluding carboxylic acids is 1. The average Bonchev–Trinajstić information content (AvgIpc) is 2.42. The maximum atomic E-state index is 10.6. The molecule has 0 aliphatic heterocycles. The van der Waals surface area contributed by atoms with Crippen LogP contribution in [0.5, 0.6) is 11.5 Å². The summed E-state index contributed by atoms with van der Waals surface area (Å²) in [4.78, 5) is 20.3.